The predicted octanol–water partition coefficient (Wildman–Crippen LogP) is 6.23. The molecule has 0 saturated heterocycles. The molecule has 0 saturated carbocycles. The van der Waals surface area contributed by atoms with Crippen LogP contribution in [-0.4, -0.2) is 35.6 Å². The number of amides is 2. The molecule has 184 valence electrons. The highest BCUT2D eigenvalue weighted by Gasteiger charge is 2.30. The number of nitrogens with one attached hydrogen (secondary N) is 1. The van der Waals surface area contributed by atoms with Crippen molar-refractivity contribution < 1.29 is 9.59 Å². The molecule has 0 fully saturated rings. The molecule has 4 nitrogen and oxygen atoms in total. The van der Waals surface area contributed by atoms with Gasteiger partial charge in [-0.1, -0.05) is 88.9 Å². The van der Waals surface area contributed by atoms with E-state index in [1.54, 1.807) is 41.9 Å². The van der Waals surface area contributed by atoms with E-state index in [1.165, 1.54) is 16.7 Å². The maximum absolute atomic E-state index is 13.6. The standard InChI is InChI=1S/C28H30Cl2N2O2S/c1-19-11-20(2)13-22(12-19)17-35-18-27(33)32(16-23-9-10-24(29)15-25(23)30)26(28(34)31-3)14-21-7-5-4-6-8-21/h4-13,15,26H,14,16-18H2,1-3H3,(H,31,34)/t26-/m1/s1. The van der Waals surface area contributed by atoms with Crippen LogP contribution in [0.1, 0.15) is 27.8 Å². The number of hydrogen-bond acceptors (Lipinski definition) is 3. The summed E-state index contributed by atoms with van der Waals surface area (Å²) in [5.41, 5.74) is 5.30. The quantitative estimate of drug-likeness (QED) is 0.339. The summed E-state index contributed by atoms with van der Waals surface area (Å²) in [6.07, 6.45) is 0.402. The second-order valence-corrected chi connectivity index (χ2v) is 10.4. The summed E-state index contributed by atoms with van der Waals surface area (Å²) in [7, 11) is 1.59. The normalized spacial score (nSPS) is 11.7. The van der Waals surface area contributed by atoms with Crippen molar-refractivity contribution >= 4 is 46.8 Å². The molecule has 1 atom stereocenters. The fraction of sp³-hybridized carbons (Fsp3) is 0.286. The minimum atomic E-state index is -0.677. The van der Waals surface area contributed by atoms with Crippen LogP contribution < -0.4 is 5.32 Å². The number of hydrogen-bond donors (Lipinski definition) is 1. The van der Waals surface area contributed by atoms with Gasteiger partial charge in [-0.3, -0.25) is 9.59 Å². The van der Waals surface area contributed by atoms with Crippen LogP contribution >= 0.6 is 35.0 Å². The molecule has 0 radical (unpaired) electrons. The molecule has 0 bridgehead atoms. The Hall–Kier alpha value is -2.47. The third kappa shape index (κ3) is 8.03. The summed E-state index contributed by atoms with van der Waals surface area (Å²) in [5, 5.41) is 3.72. The number of halogens is 2. The van der Waals surface area contributed by atoms with Crippen LogP contribution in [0.4, 0.5) is 0 Å². The molecular formula is C28H30Cl2N2O2S. The number of carbonyl (C=O) groups is 2. The minimum absolute atomic E-state index is 0.116. The molecule has 2 amide bonds. The summed E-state index contributed by atoms with van der Waals surface area (Å²) in [4.78, 5) is 28.2. The van der Waals surface area contributed by atoms with Gasteiger partial charge in [-0.15, -0.1) is 11.8 Å². The van der Waals surface area contributed by atoms with E-state index in [1.807, 2.05) is 30.3 Å². The highest BCUT2D eigenvalue weighted by Crippen LogP contribution is 2.25. The van der Waals surface area contributed by atoms with Crippen LogP contribution in [0, 0.1) is 13.8 Å². The zero-order chi connectivity index (χ0) is 25.4. The van der Waals surface area contributed by atoms with E-state index in [0.717, 1.165) is 11.1 Å². The molecule has 7 heteroatoms. The lowest BCUT2D eigenvalue weighted by molar-refractivity contribution is -0.139. The predicted molar refractivity (Wildman–Crippen MR) is 147 cm³/mol. The highest BCUT2D eigenvalue weighted by atomic mass is 35.5. The average Bonchev–Trinajstić information content (AvgIpc) is 2.82. The van der Waals surface area contributed by atoms with Crippen LogP contribution in [0.25, 0.3) is 0 Å². The van der Waals surface area contributed by atoms with Crippen molar-refractivity contribution in [1.29, 1.82) is 0 Å². The zero-order valence-electron chi connectivity index (χ0n) is 20.2. The monoisotopic (exact) mass is 528 g/mol. The molecule has 35 heavy (non-hydrogen) atoms. The number of carbonyl (C=O) groups excluding carboxylic acids is 2. The Morgan fingerprint density at radius 1 is 0.943 bits per heavy atom. The molecule has 0 aliphatic heterocycles. The molecule has 0 aromatic heterocycles. The van der Waals surface area contributed by atoms with Crippen molar-refractivity contribution in [1.82, 2.24) is 10.2 Å². The molecule has 0 spiro atoms. The van der Waals surface area contributed by atoms with E-state index >= 15 is 0 Å². The number of nitrogens with zero attached hydrogens (tertiary/aromatic N) is 1. The van der Waals surface area contributed by atoms with Crippen molar-refractivity contribution in [3.05, 3.63) is 105 Å². The first-order chi connectivity index (χ1) is 16.8. The number of rotatable bonds is 10. The maximum atomic E-state index is 13.6. The van der Waals surface area contributed by atoms with Gasteiger partial charge in [0.15, 0.2) is 0 Å². The van der Waals surface area contributed by atoms with Crippen LogP contribution in [-0.2, 0) is 28.3 Å². The Kier molecular flexibility index (Phi) is 10.1. The Bertz CT molecular complexity index is 1150. The minimum Gasteiger partial charge on any atom is -0.357 e. The first kappa shape index (κ1) is 27.1. The summed E-state index contributed by atoms with van der Waals surface area (Å²) >= 11 is 14.1. The zero-order valence-corrected chi connectivity index (χ0v) is 22.5. The third-order valence-corrected chi connectivity index (χ3v) is 7.22. The Morgan fingerprint density at radius 3 is 2.26 bits per heavy atom. The van der Waals surface area contributed by atoms with Gasteiger partial charge in [0.1, 0.15) is 6.04 Å². The molecule has 0 aliphatic rings. The number of thioether (sulfide) groups is 1. The molecule has 3 aromatic carbocycles. The average molecular weight is 530 g/mol. The van der Waals surface area contributed by atoms with E-state index in [4.69, 9.17) is 23.2 Å². The van der Waals surface area contributed by atoms with Gasteiger partial charge in [0.2, 0.25) is 11.8 Å². The molecule has 0 unspecified atom stereocenters. The van der Waals surface area contributed by atoms with Crippen LogP contribution in [0.2, 0.25) is 10.0 Å². The Labute approximate surface area is 222 Å². The second-order valence-electron chi connectivity index (χ2n) is 8.57. The van der Waals surface area contributed by atoms with Gasteiger partial charge < -0.3 is 10.2 Å². The lowest BCUT2D eigenvalue weighted by atomic mass is 10.0. The second kappa shape index (κ2) is 13.0. The van der Waals surface area contributed by atoms with Gasteiger partial charge >= 0.3 is 0 Å². The smallest absolute Gasteiger partial charge is 0.242 e. The van der Waals surface area contributed by atoms with Gasteiger partial charge in [-0.25, -0.2) is 0 Å². The highest BCUT2D eigenvalue weighted by molar-refractivity contribution is 7.99. The lowest BCUT2D eigenvalue weighted by Crippen LogP contribution is -2.50. The fourth-order valence-electron chi connectivity index (χ4n) is 4.05. The van der Waals surface area contributed by atoms with Crippen LogP contribution in [0.3, 0.4) is 0 Å². The summed E-state index contributed by atoms with van der Waals surface area (Å²) in [5.74, 6) is 0.634. The van der Waals surface area contributed by atoms with E-state index in [9.17, 15) is 9.59 Å². The SMILES string of the molecule is CNC(=O)[C@@H](Cc1ccccc1)N(Cc1ccc(Cl)cc1Cl)C(=O)CSCc1cc(C)cc(C)c1. The van der Waals surface area contributed by atoms with E-state index in [-0.39, 0.29) is 24.1 Å². The largest absolute Gasteiger partial charge is 0.357 e. The van der Waals surface area contributed by atoms with Crippen LogP contribution in [0.5, 0.6) is 0 Å². The number of likely N-dealkylation sites (N-methyl/N-ethyl adjacent to an activating group) is 1. The van der Waals surface area contributed by atoms with Gasteiger partial charge in [0.05, 0.1) is 5.75 Å². The van der Waals surface area contributed by atoms with Gasteiger partial charge in [-0.2, -0.15) is 0 Å². The topological polar surface area (TPSA) is 49.4 Å². The maximum Gasteiger partial charge on any atom is 0.242 e. The van der Waals surface area contributed by atoms with Crippen LogP contribution in [0.15, 0.2) is 66.7 Å². The van der Waals surface area contributed by atoms with E-state index < -0.39 is 6.04 Å². The lowest BCUT2D eigenvalue weighted by Gasteiger charge is -2.31. The first-order valence-corrected chi connectivity index (χ1v) is 13.3. The Morgan fingerprint density at radius 2 is 1.63 bits per heavy atom. The number of benzene rings is 3. The molecule has 3 aromatic rings. The van der Waals surface area contributed by atoms with Crippen molar-refractivity contribution in [3.63, 3.8) is 0 Å². The molecule has 3 rings (SSSR count). The van der Waals surface area contributed by atoms with Crippen molar-refractivity contribution in [3.8, 4) is 0 Å². The number of aryl methyl sites for hydroxylation is 2. The van der Waals surface area contributed by atoms with E-state index in [0.29, 0.717) is 22.2 Å². The van der Waals surface area contributed by atoms with Gasteiger partial charge in [-0.05, 0) is 42.7 Å². The Balaban J connectivity index is 1.84. The van der Waals surface area contributed by atoms with Crippen molar-refractivity contribution in [2.24, 2.45) is 0 Å². The summed E-state index contributed by atoms with van der Waals surface area (Å²) in [6, 6.07) is 20.6. The fourth-order valence-corrected chi connectivity index (χ4v) is 5.36. The third-order valence-electron chi connectivity index (χ3n) is 5.65. The molecule has 0 aliphatic carbocycles. The molecule has 0 heterocycles. The molecular weight excluding hydrogens is 499 g/mol. The van der Waals surface area contributed by atoms with E-state index in [2.05, 4.69) is 37.4 Å². The van der Waals surface area contributed by atoms with Gasteiger partial charge in [0.25, 0.3) is 0 Å². The summed E-state index contributed by atoms with van der Waals surface area (Å²) < 4.78 is 0. The first-order valence-electron chi connectivity index (χ1n) is 11.4. The van der Waals surface area contributed by atoms with Gasteiger partial charge in [0, 0.05) is 35.8 Å². The molecule has 1 N–H and O–H groups in total. The summed E-state index contributed by atoms with van der Waals surface area (Å²) in [6.45, 7) is 4.35. The van der Waals surface area contributed by atoms with Crippen molar-refractivity contribution in [2.45, 2.75) is 38.6 Å². The van der Waals surface area contributed by atoms with Crippen molar-refractivity contribution in [2.75, 3.05) is 12.8 Å².